The number of ether oxygens (including phenoxy) is 2. The Labute approximate surface area is 168 Å². The summed E-state index contributed by atoms with van der Waals surface area (Å²) in [6, 6.07) is 13.8. The molecule has 146 valence electrons. The van der Waals surface area contributed by atoms with Crippen LogP contribution >= 0.6 is 11.3 Å². The highest BCUT2D eigenvalue weighted by molar-refractivity contribution is 7.22. The summed E-state index contributed by atoms with van der Waals surface area (Å²) in [4.78, 5) is 19.2. The first-order chi connectivity index (χ1) is 13.7. The zero-order chi connectivity index (χ0) is 19.5. The minimum Gasteiger partial charge on any atom is -0.497 e. The average molecular weight is 398 g/mol. The van der Waals surface area contributed by atoms with Crippen molar-refractivity contribution in [2.45, 2.75) is 6.42 Å². The number of benzene rings is 2. The Balaban J connectivity index is 1.27. The van der Waals surface area contributed by atoms with Gasteiger partial charge in [0.1, 0.15) is 11.5 Å². The van der Waals surface area contributed by atoms with Crippen LogP contribution in [0, 0.1) is 5.92 Å². The van der Waals surface area contributed by atoms with Crippen LogP contribution in [0.5, 0.6) is 11.5 Å². The van der Waals surface area contributed by atoms with Gasteiger partial charge in [-0.3, -0.25) is 4.79 Å². The second-order valence-corrected chi connectivity index (χ2v) is 7.83. The number of carbonyl (C=O) groups is 1. The smallest absolute Gasteiger partial charge is 0.226 e. The molecule has 1 aliphatic heterocycles. The zero-order valence-electron chi connectivity index (χ0n) is 16.0. The lowest BCUT2D eigenvalue weighted by atomic mass is 10.00. The van der Waals surface area contributed by atoms with Gasteiger partial charge < -0.3 is 19.7 Å². The molecule has 4 rings (SSSR count). The van der Waals surface area contributed by atoms with Gasteiger partial charge in [0, 0.05) is 19.6 Å². The SMILES string of the molecule is COc1cccc(CCNC(=O)C2CN(c3nc4ccc(OC)cc4s3)C2)c1. The summed E-state index contributed by atoms with van der Waals surface area (Å²) in [7, 11) is 3.32. The van der Waals surface area contributed by atoms with Gasteiger partial charge in [-0.15, -0.1) is 0 Å². The van der Waals surface area contributed by atoms with Crippen molar-refractivity contribution in [1.82, 2.24) is 10.3 Å². The number of aromatic nitrogens is 1. The normalized spacial score (nSPS) is 14.0. The number of hydrogen-bond donors (Lipinski definition) is 1. The Morgan fingerprint density at radius 3 is 2.75 bits per heavy atom. The quantitative estimate of drug-likeness (QED) is 0.664. The second kappa shape index (κ2) is 8.06. The van der Waals surface area contributed by atoms with Crippen LogP contribution in [0.25, 0.3) is 10.2 Å². The van der Waals surface area contributed by atoms with Crippen LogP contribution in [-0.2, 0) is 11.2 Å². The van der Waals surface area contributed by atoms with Crippen molar-refractivity contribution >= 4 is 32.6 Å². The number of anilines is 1. The summed E-state index contributed by atoms with van der Waals surface area (Å²) in [6.45, 7) is 2.05. The molecule has 0 saturated carbocycles. The molecule has 0 radical (unpaired) electrons. The summed E-state index contributed by atoms with van der Waals surface area (Å²) in [5.41, 5.74) is 2.12. The standard InChI is InChI=1S/C21H23N3O3S/c1-26-16-5-3-4-14(10-16)8-9-22-20(25)15-12-24(13-15)21-23-18-7-6-17(27-2)11-19(18)28-21/h3-7,10-11,15H,8-9,12-13H2,1-2H3,(H,22,25). The van der Waals surface area contributed by atoms with E-state index in [-0.39, 0.29) is 11.8 Å². The zero-order valence-corrected chi connectivity index (χ0v) is 16.8. The van der Waals surface area contributed by atoms with Gasteiger partial charge in [-0.2, -0.15) is 0 Å². The lowest BCUT2D eigenvalue weighted by Gasteiger charge is -2.37. The number of amides is 1. The summed E-state index contributed by atoms with van der Waals surface area (Å²) < 4.78 is 11.6. The maximum absolute atomic E-state index is 12.4. The molecule has 2 heterocycles. The molecule has 3 aromatic rings. The highest BCUT2D eigenvalue weighted by Crippen LogP contribution is 2.34. The molecular formula is C21H23N3O3S. The molecule has 0 spiro atoms. The Morgan fingerprint density at radius 2 is 1.96 bits per heavy atom. The highest BCUT2D eigenvalue weighted by atomic mass is 32.1. The second-order valence-electron chi connectivity index (χ2n) is 6.82. The van der Waals surface area contributed by atoms with Gasteiger partial charge in [0.15, 0.2) is 5.13 Å². The molecule has 6 nitrogen and oxygen atoms in total. The van der Waals surface area contributed by atoms with Crippen molar-refractivity contribution in [3.05, 3.63) is 48.0 Å². The Morgan fingerprint density at radius 1 is 1.18 bits per heavy atom. The summed E-state index contributed by atoms with van der Waals surface area (Å²) in [5.74, 6) is 1.81. The minimum atomic E-state index is 0.0202. The van der Waals surface area contributed by atoms with E-state index in [1.807, 2.05) is 42.5 Å². The fourth-order valence-corrected chi connectivity index (χ4v) is 4.27. The van der Waals surface area contributed by atoms with Crippen LogP contribution in [-0.4, -0.2) is 44.7 Å². The Kier molecular flexibility index (Phi) is 5.34. The van der Waals surface area contributed by atoms with E-state index >= 15 is 0 Å². The van der Waals surface area contributed by atoms with Crippen molar-refractivity contribution in [2.75, 3.05) is 38.8 Å². The van der Waals surface area contributed by atoms with Gasteiger partial charge in [-0.25, -0.2) is 4.98 Å². The number of thiazole rings is 1. The van der Waals surface area contributed by atoms with Crippen LogP contribution in [0.4, 0.5) is 5.13 Å². The third kappa shape index (κ3) is 3.89. The fourth-order valence-electron chi connectivity index (χ4n) is 3.26. The van der Waals surface area contributed by atoms with E-state index in [0.29, 0.717) is 19.6 Å². The number of carbonyl (C=O) groups excluding carboxylic acids is 1. The van der Waals surface area contributed by atoms with Gasteiger partial charge in [0.2, 0.25) is 5.91 Å². The van der Waals surface area contributed by atoms with Gasteiger partial charge >= 0.3 is 0 Å². The predicted molar refractivity (Wildman–Crippen MR) is 112 cm³/mol. The van der Waals surface area contributed by atoms with Crippen LogP contribution in [0.2, 0.25) is 0 Å². The molecule has 0 atom stereocenters. The number of fused-ring (bicyclic) bond motifs is 1. The number of methoxy groups -OCH3 is 2. The van der Waals surface area contributed by atoms with E-state index in [0.717, 1.165) is 38.8 Å². The van der Waals surface area contributed by atoms with Crippen LogP contribution in [0.15, 0.2) is 42.5 Å². The third-order valence-corrected chi connectivity index (χ3v) is 6.03. The van der Waals surface area contributed by atoms with Crippen molar-refractivity contribution in [3.63, 3.8) is 0 Å². The largest absolute Gasteiger partial charge is 0.497 e. The van der Waals surface area contributed by atoms with E-state index < -0.39 is 0 Å². The van der Waals surface area contributed by atoms with Gasteiger partial charge in [-0.05, 0) is 42.3 Å². The number of hydrogen-bond acceptors (Lipinski definition) is 6. The molecular weight excluding hydrogens is 374 g/mol. The van der Waals surface area contributed by atoms with Crippen molar-refractivity contribution in [3.8, 4) is 11.5 Å². The van der Waals surface area contributed by atoms with Gasteiger partial charge in [0.05, 0.1) is 30.4 Å². The predicted octanol–water partition coefficient (Wildman–Crippen LogP) is 3.11. The first kappa shape index (κ1) is 18.6. The summed E-state index contributed by atoms with van der Waals surface area (Å²) in [6.07, 6.45) is 0.791. The van der Waals surface area contributed by atoms with Crippen LogP contribution in [0.3, 0.4) is 0 Å². The summed E-state index contributed by atoms with van der Waals surface area (Å²) in [5, 5.41) is 4.01. The molecule has 1 N–H and O–H groups in total. The number of nitrogens with one attached hydrogen (secondary N) is 1. The highest BCUT2D eigenvalue weighted by Gasteiger charge is 2.34. The molecule has 1 aliphatic rings. The van der Waals surface area contributed by atoms with Gasteiger partial charge in [0.25, 0.3) is 0 Å². The average Bonchev–Trinajstić information content (AvgIpc) is 3.09. The molecule has 0 unspecified atom stereocenters. The maximum Gasteiger partial charge on any atom is 0.226 e. The molecule has 1 amide bonds. The maximum atomic E-state index is 12.4. The van der Waals surface area contributed by atoms with Crippen molar-refractivity contribution in [1.29, 1.82) is 0 Å². The van der Waals surface area contributed by atoms with Crippen LogP contribution < -0.4 is 19.7 Å². The molecule has 2 aromatic carbocycles. The molecule has 1 saturated heterocycles. The van der Waals surface area contributed by atoms with E-state index in [1.165, 1.54) is 0 Å². The third-order valence-electron chi connectivity index (χ3n) is 4.95. The molecule has 1 fully saturated rings. The van der Waals surface area contributed by atoms with Crippen molar-refractivity contribution in [2.24, 2.45) is 5.92 Å². The fraction of sp³-hybridized carbons (Fsp3) is 0.333. The monoisotopic (exact) mass is 397 g/mol. The van der Waals surface area contributed by atoms with E-state index in [2.05, 4.69) is 15.2 Å². The molecule has 0 bridgehead atoms. The topological polar surface area (TPSA) is 63.7 Å². The Hall–Kier alpha value is -2.80. The lowest BCUT2D eigenvalue weighted by molar-refractivity contribution is -0.125. The van der Waals surface area contributed by atoms with Crippen molar-refractivity contribution < 1.29 is 14.3 Å². The molecule has 1 aromatic heterocycles. The first-order valence-electron chi connectivity index (χ1n) is 9.26. The first-order valence-corrected chi connectivity index (χ1v) is 10.1. The summed E-state index contributed by atoms with van der Waals surface area (Å²) >= 11 is 1.63. The van der Waals surface area contributed by atoms with E-state index in [1.54, 1.807) is 25.6 Å². The molecule has 28 heavy (non-hydrogen) atoms. The molecule has 7 heteroatoms. The lowest BCUT2D eigenvalue weighted by Crippen LogP contribution is -2.54. The van der Waals surface area contributed by atoms with Gasteiger partial charge in [-0.1, -0.05) is 23.5 Å². The van der Waals surface area contributed by atoms with E-state index in [4.69, 9.17) is 9.47 Å². The molecule has 0 aliphatic carbocycles. The van der Waals surface area contributed by atoms with Crippen LogP contribution in [0.1, 0.15) is 5.56 Å². The minimum absolute atomic E-state index is 0.0202. The number of rotatable bonds is 7. The Bertz CT molecular complexity index is 982. The number of nitrogens with zero attached hydrogens (tertiary/aromatic N) is 2. The van der Waals surface area contributed by atoms with E-state index in [9.17, 15) is 4.79 Å².